The van der Waals surface area contributed by atoms with Crippen LogP contribution in [0.3, 0.4) is 0 Å². The molecule has 0 radical (unpaired) electrons. The van der Waals surface area contributed by atoms with Crippen LogP contribution in [0.5, 0.6) is 0 Å². The van der Waals surface area contributed by atoms with Crippen molar-refractivity contribution in [2.24, 2.45) is 0 Å². The average molecular weight is 552 g/mol. The number of benzene rings is 1. The molecular weight excluding hydrogens is 523 g/mol. The number of carbonyl (C=O) groups is 2. The minimum absolute atomic E-state index is 0.00215. The van der Waals surface area contributed by atoms with E-state index in [1.54, 1.807) is 9.80 Å². The number of hydrogen-bond acceptors (Lipinski definition) is 4. The first-order valence-corrected chi connectivity index (χ1v) is 13.3. The SMILES string of the molecule is C=CC(=O)N1CCc2nn(-c3ccc(C4CC4)cc3)c3c2[C@H](C1)N(C(=O)c1ccn(CC(F)(F)F)c(=O)c1)CC3. The van der Waals surface area contributed by atoms with Crippen molar-refractivity contribution < 1.29 is 22.8 Å². The molecule has 11 heteroatoms. The van der Waals surface area contributed by atoms with Crippen molar-refractivity contribution >= 4 is 11.8 Å². The summed E-state index contributed by atoms with van der Waals surface area (Å²) in [4.78, 5) is 42.0. The summed E-state index contributed by atoms with van der Waals surface area (Å²) < 4.78 is 40.9. The van der Waals surface area contributed by atoms with Crippen molar-refractivity contribution in [1.29, 1.82) is 0 Å². The number of aromatic nitrogens is 3. The lowest BCUT2D eigenvalue weighted by atomic mass is 9.94. The Balaban J connectivity index is 1.36. The fraction of sp³-hybridized carbons (Fsp3) is 0.379. The lowest BCUT2D eigenvalue weighted by Gasteiger charge is -2.37. The number of rotatable bonds is 5. The van der Waals surface area contributed by atoms with E-state index >= 15 is 0 Å². The van der Waals surface area contributed by atoms with Gasteiger partial charge in [-0.25, -0.2) is 4.68 Å². The smallest absolute Gasteiger partial charge is 0.336 e. The molecule has 6 rings (SSSR count). The Morgan fingerprint density at radius 3 is 2.48 bits per heavy atom. The molecule has 3 aliphatic rings. The molecule has 1 saturated carbocycles. The van der Waals surface area contributed by atoms with Gasteiger partial charge in [-0.1, -0.05) is 18.7 Å². The standard InChI is InChI=1S/C29H28F3N5O3/c1-2-25(38)34-13-10-22-27-23(37(33-22)21-7-5-19(6-8-21)18-3-4-18)11-14-36(24(27)16-34)28(40)20-9-12-35(26(39)15-20)17-29(30,31)32/h2,5-9,12,15,18,24H,1,3-4,10-11,13-14,16-17H2/t24-/m0/s1. The lowest BCUT2D eigenvalue weighted by Crippen LogP contribution is -2.46. The molecule has 2 amide bonds. The molecule has 0 spiro atoms. The summed E-state index contributed by atoms with van der Waals surface area (Å²) in [6.45, 7) is 3.08. The summed E-state index contributed by atoms with van der Waals surface area (Å²) in [5.41, 5.74) is 3.99. The second-order valence-electron chi connectivity index (χ2n) is 10.6. The van der Waals surface area contributed by atoms with Crippen molar-refractivity contribution in [3.63, 3.8) is 0 Å². The molecule has 2 aromatic heterocycles. The van der Waals surface area contributed by atoms with Crippen LogP contribution in [0.4, 0.5) is 13.2 Å². The monoisotopic (exact) mass is 551 g/mol. The molecule has 40 heavy (non-hydrogen) atoms. The molecule has 208 valence electrons. The fourth-order valence-corrected chi connectivity index (χ4v) is 5.81. The van der Waals surface area contributed by atoms with Crippen LogP contribution in [0, 0.1) is 0 Å². The summed E-state index contributed by atoms with van der Waals surface area (Å²) >= 11 is 0. The fourth-order valence-electron chi connectivity index (χ4n) is 5.81. The maximum absolute atomic E-state index is 13.7. The van der Waals surface area contributed by atoms with Crippen molar-refractivity contribution in [2.45, 2.75) is 50.4 Å². The zero-order valence-corrected chi connectivity index (χ0v) is 21.7. The van der Waals surface area contributed by atoms with Crippen LogP contribution in [-0.2, 0) is 24.2 Å². The first-order chi connectivity index (χ1) is 19.1. The number of carbonyl (C=O) groups excluding carboxylic acids is 2. The van der Waals surface area contributed by atoms with Gasteiger partial charge in [0.2, 0.25) is 5.91 Å². The van der Waals surface area contributed by atoms with Crippen LogP contribution < -0.4 is 5.56 Å². The molecule has 1 aliphatic carbocycles. The Morgan fingerprint density at radius 2 is 1.82 bits per heavy atom. The molecule has 3 aromatic rings. The van der Waals surface area contributed by atoms with E-state index in [1.807, 2.05) is 4.68 Å². The third-order valence-electron chi connectivity index (χ3n) is 7.94. The molecule has 0 saturated heterocycles. The van der Waals surface area contributed by atoms with E-state index in [-0.39, 0.29) is 18.0 Å². The largest absolute Gasteiger partial charge is 0.406 e. The van der Waals surface area contributed by atoms with Crippen molar-refractivity contribution in [3.8, 4) is 5.69 Å². The summed E-state index contributed by atoms with van der Waals surface area (Å²) in [5.74, 6) is -0.107. The molecule has 8 nitrogen and oxygen atoms in total. The predicted octanol–water partition coefficient (Wildman–Crippen LogP) is 3.78. The summed E-state index contributed by atoms with van der Waals surface area (Å²) in [7, 11) is 0. The first-order valence-electron chi connectivity index (χ1n) is 13.3. The van der Waals surface area contributed by atoms with E-state index in [1.165, 1.54) is 30.5 Å². The molecule has 1 atom stereocenters. The number of nitrogens with zero attached hydrogens (tertiary/aromatic N) is 5. The van der Waals surface area contributed by atoms with Crippen LogP contribution in [0.25, 0.3) is 5.69 Å². The maximum atomic E-state index is 13.7. The second-order valence-corrected chi connectivity index (χ2v) is 10.6. The summed E-state index contributed by atoms with van der Waals surface area (Å²) in [5, 5.41) is 4.93. The predicted molar refractivity (Wildman–Crippen MR) is 140 cm³/mol. The van der Waals surface area contributed by atoms with Gasteiger partial charge in [0.05, 0.1) is 23.1 Å². The van der Waals surface area contributed by atoms with Crippen LogP contribution in [-0.4, -0.2) is 61.8 Å². The van der Waals surface area contributed by atoms with E-state index in [0.29, 0.717) is 36.4 Å². The van der Waals surface area contributed by atoms with Gasteiger partial charge in [-0.15, -0.1) is 0 Å². The number of amides is 2. The van der Waals surface area contributed by atoms with E-state index in [9.17, 15) is 27.6 Å². The molecule has 4 heterocycles. The van der Waals surface area contributed by atoms with Gasteiger partial charge >= 0.3 is 6.18 Å². The molecular formula is C29H28F3N5O3. The van der Waals surface area contributed by atoms with E-state index < -0.39 is 30.2 Å². The Hall–Kier alpha value is -4.15. The normalized spacial score (nSPS) is 18.7. The Bertz CT molecular complexity index is 1550. The Morgan fingerprint density at radius 1 is 1.07 bits per heavy atom. The highest BCUT2D eigenvalue weighted by Gasteiger charge is 2.40. The van der Waals surface area contributed by atoms with Gasteiger partial charge < -0.3 is 14.4 Å². The quantitative estimate of drug-likeness (QED) is 0.452. The van der Waals surface area contributed by atoms with Crippen molar-refractivity contribution in [2.75, 3.05) is 19.6 Å². The highest BCUT2D eigenvalue weighted by Crippen LogP contribution is 2.41. The average Bonchev–Trinajstić information content (AvgIpc) is 3.74. The lowest BCUT2D eigenvalue weighted by molar-refractivity contribution is -0.141. The van der Waals surface area contributed by atoms with Crippen molar-refractivity contribution in [1.82, 2.24) is 24.1 Å². The molecule has 0 N–H and O–H groups in total. The highest BCUT2D eigenvalue weighted by atomic mass is 19.4. The zero-order valence-electron chi connectivity index (χ0n) is 21.7. The van der Waals surface area contributed by atoms with Gasteiger partial charge in [-0.05, 0) is 48.6 Å². The number of halogens is 3. The zero-order chi connectivity index (χ0) is 28.2. The van der Waals surface area contributed by atoms with Crippen LogP contribution in [0.15, 0.2) is 60.0 Å². The molecule has 0 bridgehead atoms. The molecule has 2 aliphatic heterocycles. The van der Waals surface area contributed by atoms with E-state index in [0.717, 1.165) is 34.9 Å². The van der Waals surface area contributed by atoms with Crippen LogP contribution >= 0.6 is 0 Å². The highest BCUT2D eigenvalue weighted by molar-refractivity contribution is 5.94. The van der Waals surface area contributed by atoms with Gasteiger partial charge in [-0.2, -0.15) is 18.3 Å². The van der Waals surface area contributed by atoms with Gasteiger partial charge in [0, 0.05) is 55.9 Å². The Labute approximate surface area is 228 Å². The van der Waals surface area contributed by atoms with Crippen LogP contribution in [0.1, 0.15) is 57.7 Å². The second kappa shape index (κ2) is 9.79. The number of alkyl halides is 3. The van der Waals surface area contributed by atoms with E-state index in [4.69, 9.17) is 5.10 Å². The number of hydrogen-bond donors (Lipinski definition) is 0. The minimum atomic E-state index is -4.56. The Kier molecular flexibility index (Phi) is 6.39. The van der Waals surface area contributed by atoms with Crippen LogP contribution in [0.2, 0.25) is 0 Å². The molecule has 1 fully saturated rings. The minimum Gasteiger partial charge on any atom is -0.336 e. The van der Waals surface area contributed by atoms with E-state index in [2.05, 4.69) is 30.8 Å². The molecule has 1 aromatic carbocycles. The third kappa shape index (κ3) is 4.84. The van der Waals surface area contributed by atoms with Crippen molar-refractivity contribution in [3.05, 3.63) is 93.7 Å². The summed E-state index contributed by atoms with van der Waals surface area (Å²) in [6, 6.07) is 10.0. The first kappa shape index (κ1) is 26.1. The summed E-state index contributed by atoms with van der Waals surface area (Å²) in [6.07, 6.45) is 1.09. The van der Waals surface area contributed by atoms with Gasteiger partial charge in [-0.3, -0.25) is 14.4 Å². The topological polar surface area (TPSA) is 80.4 Å². The number of pyridine rings is 1. The third-order valence-corrected chi connectivity index (χ3v) is 7.94. The maximum Gasteiger partial charge on any atom is 0.406 e. The molecule has 0 unspecified atom stereocenters. The van der Waals surface area contributed by atoms with Gasteiger partial charge in [0.15, 0.2) is 0 Å². The van der Waals surface area contributed by atoms with Gasteiger partial charge in [0.25, 0.3) is 11.5 Å². The van der Waals surface area contributed by atoms with Gasteiger partial charge in [0.1, 0.15) is 6.54 Å².